The van der Waals surface area contributed by atoms with Gasteiger partial charge in [0.1, 0.15) is 5.82 Å². The normalized spacial score (nSPS) is 17.9. The van der Waals surface area contributed by atoms with Crippen LogP contribution in [0.1, 0.15) is 56.3 Å². The summed E-state index contributed by atoms with van der Waals surface area (Å²) in [4.78, 5) is 0. The molecular formula is C17H23N3. The highest BCUT2D eigenvalue weighted by Gasteiger charge is 2.24. The fraction of sp³-hybridized carbons (Fsp3) is 0.471. The van der Waals surface area contributed by atoms with E-state index >= 15 is 0 Å². The van der Waals surface area contributed by atoms with Gasteiger partial charge in [0.25, 0.3) is 0 Å². The van der Waals surface area contributed by atoms with E-state index in [1.165, 1.54) is 17.1 Å². The first-order valence-electron chi connectivity index (χ1n) is 7.71. The van der Waals surface area contributed by atoms with Gasteiger partial charge >= 0.3 is 0 Å². The van der Waals surface area contributed by atoms with Crippen molar-refractivity contribution < 1.29 is 0 Å². The van der Waals surface area contributed by atoms with E-state index in [1.54, 1.807) is 0 Å². The summed E-state index contributed by atoms with van der Waals surface area (Å²) in [6.07, 6.45) is 3.41. The minimum atomic E-state index is 0.371. The third kappa shape index (κ3) is 2.33. The fourth-order valence-corrected chi connectivity index (χ4v) is 3.13. The smallest absolute Gasteiger partial charge is 0.125 e. The molecular weight excluding hydrogens is 246 g/mol. The molecule has 1 aliphatic rings. The summed E-state index contributed by atoms with van der Waals surface area (Å²) >= 11 is 0. The number of anilines is 1. The van der Waals surface area contributed by atoms with E-state index in [-0.39, 0.29) is 0 Å². The minimum Gasteiger partial charge on any atom is -0.370 e. The first-order valence-corrected chi connectivity index (χ1v) is 7.71. The average molecular weight is 269 g/mol. The monoisotopic (exact) mass is 269 g/mol. The molecule has 3 heteroatoms. The Kier molecular flexibility index (Phi) is 3.77. The van der Waals surface area contributed by atoms with Gasteiger partial charge in [-0.3, -0.25) is 0 Å². The molecule has 1 unspecified atom stereocenters. The highest BCUT2D eigenvalue weighted by molar-refractivity contribution is 5.42. The molecule has 2 aromatic rings. The van der Waals surface area contributed by atoms with Crippen molar-refractivity contribution in [3.8, 4) is 0 Å². The second-order valence-corrected chi connectivity index (χ2v) is 5.55. The van der Waals surface area contributed by atoms with Crippen LogP contribution in [0.2, 0.25) is 0 Å². The summed E-state index contributed by atoms with van der Waals surface area (Å²) in [6.45, 7) is 5.51. The lowest BCUT2D eigenvalue weighted by Gasteiger charge is -2.26. The zero-order valence-corrected chi connectivity index (χ0v) is 12.3. The topological polar surface area (TPSA) is 29.9 Å². The summed E-state index contributed by atoms with van der Waals surface area (Å²) < 4.78 is 2.19. The molecule has 0 spiro atoms. The molecule has 1 atom stereocenters. The largest absolute Gasteiger partial charge is 0.370 e. The van der Waals surface area contributed by atoms with Gasteiger partial charge in [0, 0.05) is 18.5 Å². The van der Waals surface area contributed by atoms with Crippen molar-refractivity contribution in [2.45, 2.75) is 45.1 Å². The highest BCUT2D eigenvalue weighted by Crippen LogP contribution is 2.32. The van der Waals surface area contributed by atoms with E-state index in [0.29, 0.717) is 12.0 Å². The lowest BCUT2D eigenvalue weighted by molar-refractivity contribution is 0.471. The van der Waals surface area contributed by atoms with Gasteiger partial charge in [0.15, 0.2) is 0 Å². The third-order valence-corrected chi connectivity index (χ3v) is 4.36. The van der Waals surface area contributed by atoms with Crippen LogP contribution in [-0.2, 0) is 0 Å². The van der Waals surface area contributed by atoms with Gasteiger partial charge in [0.2, 0.25) is 0 Å². The zero-order chi connectivity index (χ0) is 13.9. The fourth-order valence-electron chi connectivity index (χ4n) is 3.13. The summed E-state index contributed by atoms with van der Waals surface area (Å²) in [5, 5.41) is 8.39. The molecule has 0 amide bonds. The molecule has 3 rings (SSSR count). The van der Waals surface area contributed by atoms with Crippen molar-refractivity contribution in [1.29, 1.82) is 0 Å². The molecule has 20 heavy (non-hydrogen) atoms. The van der Waals surface area contributed by atoms with Gasteiger partial charge in [0.05, 0.1) is 11.7 Å². The Balaban J connectivity index is 1.96. The van der Waals surface area contributed by atoms with Crippen LogP contribution >= 0.6 is 0 Å². The van der Waals surface area contributed by atoms with E-state index in [4.69, 9.17) is 5.10 Å². The number of rotatable bonds is 4. The lowest BCUT2D eigenvalue weighted by atomic mass is 10.00. The average Bonchev–Trinajstić information content (AvgIpc) is 2.93. The predicted molar refractivity (Wildman–Crippen MR) is 83.2 cm³/mol. The molecule has 1 aromatic heterocycles. The number of benzene rings is 1. The molecule has 1 aromatic carbocycles. The minimum absolute atomic E-state index is 0.371. The highest BCUT2D eigenvalue weighted by atomic mass is 15.4. The van der Waals surface area contributed by atoms with Crippen molar-refractivity contribution in [2.24, 2.45) is 0 Å². The molecule has 1 aliphatic heterocycles. The Morgan fingerprint density at radius 3 is 2.70 bits per heavy atom. The molecule has 3 nitrogen and oxygen atoms in total. The van der Waals surface area contributed by atoms with Crippen molar-refractivity contribution >= 4 is 5.82 Å². The number of hydrogen-bond acceptors (Lipinski definition) is 2. The molecule has 0 fully saturated rings. The zero-order valence-electron chi connectivity index (χ0n) is 12.3. The van der Waals surface area contributed by atoms with Gasteiger partial charge in [-0.1, -0.05) is 44.2 Å². The Morgan fingerprint density at radius 1 is 1.25 bits per heavy atom. The molecule has 0 aliphatic carbocycles. The van der Waals surface area contributed by atoms with Gasteiger partial charge in [-0.05, 0) is 24.8 Å². The molecule has 106 valence electrons. The Labute approximate surface area is 121 Å². The Bertz CT molecular complexity index is 555. The Hall–Kier alpha value is -1.77. The number of nitrogens with one attached hydrogen (secondary N) is 1. The summed E-state index contributed by atoms with van der Waals surface area (Å²) in [5.41, 5.74) is 2.59. The van der Waals surface area contributed by atoms with Crippen LogP contribution in [0.15, 0.2) is 36.4 Å². The molecule has 0 saturated heterocycles. The van der Waals surface area contributed by atoms with Gasteiger partial charge in [-0.15, -0.1) is 0 Å². The second-order valence-electron chi connectivity index (χ2n) is 5.55. The lowest BCUT2D eigenvalue weighted by Crippen LogP contribution is -2.24. The number of aromatic nitrogens is 2. The maximum absolute atomic E-state index is 4.90. The second kappa shape index (κ2) is 5.70. The van der Waals surface area contributed by atoms with Crippen LogP contribution < -0.4 is 5.32 Å². The van der Waals surface area contributed by atoms with Crippen molar-refractivity contribution in [2.75, 3.05) is 11.9 Å². The van der Waals surface area contributed by atoms with E-state index in [1.807, 2.05) is 0 Å². The Morgan fingerprint density at radius 2 is 2.00 bits per heavy atom. The van der Waals surface area contributed by atoms with Crippen molar-refractivity contribution in [3.63, 3.8) is 0 Å². The number of fused-ring (bicyclic) bond motifs is 1. The quantitative estimate of drug-likeness (QED) is 0.902. The van der Waals surface area contributed by atoms with E-state index in [0.717, 1.165) is 25.8 Å². The molecule has 0 saturated carbocycles. The van der Waals surface area contributed by atoms with Crippen LogP contribution in [0, 0.1) is 0 Å². The van der Waals surface area contributed by atoms with Crippen LogP contribution in [0.3, 0.4) is 0 Å². The first-order chi connectivity index (χ1) is 9.83. The van der Waals surface area contributed by atoms with Gasteiger partial charge in [-0.2, -0.15) is 5.10 Å². The van der Waals surface area contributed by atoms with Crippen LogP contribution in [0.25, 0.3) is 0 Å². The molecule has 0 radical (unpaired) electrons. The summed E-state index contributed by atoms with van der Waals surface area (Å²) in [5.74, 6) is 1.75. The number of hydrogen-bond donors (Lipinski definition) is 1. The van der Waals surface area contributed by atoms with Gasteiger partial charge < -0.3 is 5.32 Å². The van der Waals surface area contributed by atoms with E-state index < -0.39 is 0 Å². The maximum Gasteiger partial charge on any atom is 0.125 e. The number of nitrogens with zero attached hydrogens (tertiary/aromatic N) is 2. The van der Waals surface area contributed by atoms with E-state index in [2.05, 4.69) is 60.2 Å². The van der Waals surface area contributed by atoms with Gasteiger partial charge in [-0.25, -0.2) is 4.68 Å². The van der Waals surface area contributed by atoms with Crippen LogP contribution in [-0.4, -0.2) is 16.3 Å². The van der Waals surface area contributed by atoms with Crippen molar-refractivity contribution in [1.82, 2.24) is 9.78 Å². The molecule has 2 heterocycles. The molecule has 0 bridgehead atoms. The maximum atomic E-state index is 4.90. The van der Waals surface area contributed by atoms with Crippen LogP contribution in [0.4, 0.5) is 5.82 Å². The summed E-state index contributed by atoms with van der Waals surface area (Å²) in [6, 6.07) is 13.3. The first kappa shape index (κ1) is 13.2. The van der Waals surface area contributed by atoms with Crippen LogP contribution in [0.5, 0.6) is 0 Å². The van der Waals surface area contributed by atoms with Crippen molar-refractivity contribution in [3.05, 3.63) is 47.7 Å². The standard InChI is InChI=1S/C17H23N3/c1-3-13(4-2)15-12-17-18-11-10-16(20(17)19-15)14-8-6-5-7-9-14/h5-9,12-13,16,18H,3-4,10-11H2,1-2H3. The van der Waals surface area contributed by atoms with E-state index in [9.17, 15) is 0 Å². The summed E-state index contributed by atoms with van der Waals surface area (Å²) in [7, 11) is 0. The molecule has 1 N–H and O–H groups in total. The predicted octanol–water partition coefficient (Wildman–Crippen LogP) is 4.19. The third-order valence-electron chi connectivity index (χ3n) is 4.36. The SMILES string of the molecule is CCC(CC)c1cc2n(n1)C(c1ccccc1)CCN2.